The minimum absolute atomic E-state index is 0.167. The molecule has 168 valence electrons. The van der Waals surface area contributed by atoms with Crippen molar-refractivity contribution < 1.29 is 14.3 Å². The molecule has 0 radical (unpaired) electrons. The standard InChI is InChI=1S/C26H25N3O3S/c1-16(20-9-8-19-6-4-5-7-21(19)12-20)27-26(31)14-32-25-11-10-22(13-23(25)28-17(2)30)24-15-33-18(3)29-24/h4-13,15-16H,14H2,1-3H3,(H,27,31)(H,28,30)/t16-/m1/s1. The van der Waals surface area contributed by atoms with Gasteiger partial charge in [0.2, 0.25) is 5.91 Å². The summed E-state index contributed by atoms with van der Waals surface area (Å²) in [6.07, 6.45) is 0. The van der Waals surface area contributed by atoms with Crippen molar-refractivity contribution in [1.29, 1.82) is 0 Å². The number of nitrogens with one attached hydrogen (secondary N) is 2. The van der Waals surface area contributed by atoms with Crippen molar-refractivity contribution in [2.24, 2.45) is 0 Å². The first kappa shape index (κ1) is 22.5. The number of anilines is 1. The lowest BCUT2D eigenvalue weighted by Crippen LogP contribution is -2.31. The van der Waals surface area contributed by atoms with Crippen LogP contribution in [0.3, 0.4) is 0 Å². The third-order valence-corrected chi connectivity index (χ3v) is 5.99. The Kier molecular flexibility index (Phi) is 6.70. The molecule has 0 spiro atoms. The van der Waals surface area contributed by atoms with Crippen LogP contribution in [0.5, 0.6) is 5.75 Å². The fourth-order valence-electron chi connectivity index (χ4n) is 3.59. The largest absolute Gasteiger partial charge is 0.482 e. The second kappa shape index (κ2) is 9.83. The van der Waals surface area contributed by atoms with Gasteiger partial charge in [-0.3, -0.25) is 9.59 Å². The van der Waals surface area contributed by atoms with Gasteiger partial charge < -0.3 is 15.4 Å². The van der Waals surface area contributed by atoms with Crippen LogP contribution in [0.4, 0.5) is 5.69 Å². The lowest BCUT2D eigenvalue weighted by Gasteiger charge is -2.17. The molecule has 6 nitrogen and oxygen atoms in total. The summed E-state index contributed by atoms with van der Waals surface area (Å²) in [5, 5.41) is 11.0. The van der Waals surface area contributed by atoms with E-state index in [9.17, 15) is 9.59 Å². The maximum absolute atomic E-state index is 12.6. The van der Waals surface area contributed by atoms with Gasteiger partial charge in [-0.25, -0.2) is 4.98 Å². The zero-order valence-electron chi connectivity index (χ0n) is 18.7. The molecule has 0 unspecified atom stereocenters. The van der Waals surface area contributed by atoms with Crippen LogP contribution in [0.25, 0.3) is 22.0 Å². The van der Waals surface area contributed by atoms with Crippen LogP contribution in [0.15, 0.2) is 66.0 Å². The lowest BCUT2D eigenvalue weighted by atomic mass is 10.0. The predicted octanol–water partition coefficient (Wildman–Crippen LogP) is 5.49. The van der Waals surface area contributed by atoms with Crippen LogP contribution >= 0.6 is 11.3 Å². The van der Waals surface area contributed by atoms with E-state index < -0.39 is 0 Å². The summed E-state index contributed by atoms with van der Waals surface area (Å²) in [6, 6.07) is 19.5. The Morgan fingerprint density at radius 1 is 1.06 bits per heavy atom. The smallest absolute Gasteiger partial charge is 0.258 e. The molecule has 4 rings (SSSR count). The highest BCUT2D eigenvalue weighted by Gasteiger charge is 2.14. The van der Waals surface area contributed by atoms with Gasteiger partial charge in [0, 0.05) is 17.9 Å². The van der Waals surface area contributed by atoms with Crippen LogP contribution in [0, 0.1) is 6.92 Å². The summed E-state index contributed by atoms with van der Waals surface area (Å²) < 4.78 is 5.76. The number of amides is 2. The first-order valence-corrected chi connectivity index (χ1v) is 11.5. The fourth-order valence-corrected chi connectivity index (χ4v) is 4.21. The number of aromatic nitrogens is 1. The van der Waals surface area contributed by atoms with Crippen molar-refractivity contribution in [3.63, 3.8) is 0 Å². The van der Waals surface area contributed by atoms with Crippen LogP contribution < -0.4 is 15.4 Å². The molecule has 0 aliphatic rings. The Labute approximate surface area is 196 Å². The van der Waals surface area contributed by atoms with E-state index >= 15 is 0 Å². The second-order valence-corrected chi connectivity index (χ2v) is 8.89. The Balaban J connectivity index is 1.43. The van der Waals surface area contributed by atoms with Crippen molar-refractivity contribution >= 4 is 39.6 Å². The fraction of sp³-hybridized carbons (Fsp3) is 0.192. The number of rotatable bonds is 7. The van der Waals surface area contributed by atoms with E-state index in [-0.39, 0.29) is 24.5 Å². The summed E-state index contributed by atoms with van der Waals surface area (Å²) in [5.41, 5.74) is 3.22. The molecule has 7 heteroatoms. The SMILES string of the molecule is CC(=O)Nc1cc(-c2csc(C)n2)ccc1OCC(=O)N[C@H](C)c1ccc2ccccc2c1. The van der Waals surface area contributed by atoms with Gasteiger partial charge in [0.1, 0.15) is 5.75 Å². The van der Waals surface area contributed by atoms with Crippen molar-refractivity contribution in [3.05, 3.63) is 76.6 Å². The van der Waals surface area contributed by atoms with Crippen molar-refractivity contribution in [1.82, 2.24) is 10.3 Å². The van der Waals surface area contributed by atoms with Crippen LogP contribution in [0.1, 0.15) is 30.5 Å². The van der Waals surface area contributed by atoms with E-state index in [4.69, 9.17) is 4.74 Å². The van der Waals surface area contributed by atoms with Gasteiger partial charge in [0.15, 0.2) is 6.61 Å². The molecule has 0 fully saturated rings. The van der Waals surface area contributed by atoms with Gasteiger partial charge in [-0.1, -0.05) is 36.4 Å². The first-order chi connectivity index (χ1) is 15.9. The molecule has 33 heavy (non-hydrogen) atoms. The molecule has 1 aromatic heterocycles. The average Bonchev–Trinajstić information content (AvgIpc) is 3.23. The topological polar surface area (TPSA) is 80.3 Å². The molecule has 2 N–H and O–H groups in total. The van der Waals surface area contributed by atoms with Gasteiger partial charge in [-0.05, 0) is 54.4 Å². The maximum Gasteiger partial charge on any atom is 0.258 e. The monoisotopic (exact) mass is 459 g/mol. The number of carbonyl (C=O) groups excluding carboxylic acids is 2. The number of benzene rings is 3. The number of ether oxygens (including phenoxy) is 1. The molecule has 0 saturated heterocycles. The minimum Gasteiger partial charge on any atom is -0.482 e. The average molecular weight is 460 g/mol. The highest BCUT2D eigenvalue weighted by atomic mass is 32.1. The normalized spacial score (nSPS) is 11.7. The third-order valence-electron chi connectivity index (χ3n) is 5.21. The number of nitrogens with zero attached hydrogens (tertiary/aromatic N) is 1. The zero-order chi connectivity index (χ0) is 23.4. The molecule has 2 amide bonds. The molecule has 0 bridgehead atoms. The highest BCUT2D eigenvalue weighted by Crippen LogP contribution is 2.31. The Morgan fingerprint density at radius 2 is 1.85 bits per heavy atom. The molecule has 1 heterocycles. The number of fused-ring (bicyclic) bond motifs is 1. The summed E-state index contributed by atoms with van der Waals surface area (Å²) in [6.45, 7) is 5.15. The Bertz CT molecular complexity index is 1320. The summed E-state index contributed by atoms with van der Waals surface area (Å²) in [5.74, 6) is -0.0427. The number of aryl methyl sites for hydroxylation is 1. The van der Waals surface area contributed by atoms with Gasteiger partial charge in [-0.2, -0.15) is 0 Å². The van der Waals surface area contributed by atoms with Crippen LogP contribution in [-0.4, -0.2) is 23.4 Å². The molecule has 3 aromatic carbocycles. The number of thiazole rings is 1. The molecule has 0 aliphatic carbocycles. The number of carbonyl (C=O) groups is 2. The molecule has 0 saturated carbocycles. The first-order valence-electron chi connectivity index (χ1n) is 10.6. The van der Waals surface area contributed by atoms with E-state index in [1.54, 1.807) is 23.5 Å². The van der Waals surface area contributed by atoms with E-state index in [1.165, 1.54) is 6.92 Å². The molecular formula is C26H25N3O3S. The quantitative estimate of drug-likeness (QED) is 0.383. The number of hydrogen-bond donors (Lipinski definition) is 2. The van der Waals surface area contributed by atoms with Crippen molar-refractivity contribution in [2.45, 2.75) is 26.8 Å². The Hall–Kier alpha value is -3.71. The molecule has 4 aromatic rings. The van der Waals surface area contributed by atoms with Gasteiger partial charge in [0.25, 0.3) is 5.91 Å². The van der Waals surface area contributed by atoms with Crippen LogP contribution in [-0.2, 0) is 9.59 Å². The highest BCUT2D eigenvalue weighted by molar-refractivity contribution is 7.09. The number of hydrogen-bond acceptors (Lipinski definition) is 5. The minimum atomic E-state index is -0.247. The maximum atomic E-state index is 12.6. The van der Waals surface area contributed by atoms with Crippen LogP contribution in [0.2, 0.25) is 0 Å². The van der Waals surface area contributed by atoms with Gasteiger partial charge >= 0.3 is 0 Å². The van der Waals surface area contributed by atoms with E-state index in [2.05, 4.69) is 39.9 Å². The summed E-state index contributed by atoms with van der Waals surface area (Å²) in [4.78, 5) is 28.7. The van der Waals surface area contributed by atoms with Gasteiger partial charge in [0.05, 0.1) is 22.4 Å². The third kappa shape index (κ3) is 5.56. The lowest BCUT2D eigenvalue weighted by molar-refractivity contribution is -0.123. The predicted molar refractivity (Wildman–Crippen MR) is 133 cm³/mol. The Morgan fingerprint density at radius 3 is 2.58 bits per heavy atom. The summed E-state index contributed by atoms with van der Waals surface area (Å²) in [7, 11) is 0. The van der Waals surface area contributed by atoms with E-state index in [1.807, 2.05) is 43.5 Å². The molecule has 0 aliphatic heterocycles. The second-order valence-electron chi connectivity index (χ2n) is 7.83. The molecular weight excluding hydrogens is 434 g/mol. The summed E-state index contributed by atoms with van der Waals surface area (Å²) >= 11 is 1.56. The van der Waals surface area contributed by atoms with Crippen molar-refractivity contribution in [3.8, 4) is 17.0 Å². The van der Waals surface area contributed by atoms with Crippen molar-refractivity contribution in [2.75, 3.05) is 11.9 Å². The zero-order valence-corrected chi connectivity index (χ0v) is 19.5. The van der Waals surface area contributed by atoms with Gasteiger partial charge in [-0.15, -0.1) is 11.3 Å². The van der Waals surface area contributed by atoms with E-state index in [0.29, 0.717) is 11.4 Å². The van der Waals surface area contributed by atoms with E-state index in [0.717, 1.165) is 32.6 Å². The molecule has 1 atom stereocenters.